The Morgan fingerprint density at radius 3 is 2.94 bits per heavy atom. The number of hydrogen-bond acceptors (Lipinski definition) is 2. The van der Waals surface area contributed by atoms with Crippen molar-refractivity contribution in [1.82, 2.24) is 4.98 Å². The molecule has 17 heavy (non-hydrogen) atoms. The molecule has 1 aliphatic carbocycles. The van der Waals surface area contributed by atoms with Gasteiger partial charge in [-0.1, -0.05) is 26.3 Å². The quantitative estimate of drug-likeness (QED) is 0.869. The Kier molecular flexibility index (Phi) is 3.82. The molecule has 1 fully saturated rings. The van der Waals surface area contributed by atoms with Gasteiger partial charge in [0.25, 0.3) is 0 Å². The summed E-state index contributed by atoms with van der Waals surface area (Å²) in [6, 6.07) is 5.93. The van der Waals surface area contributed by atoms with Gasteiger partial charge in [-0.05, 0) is 43.2 Å². The maximum atomic E-state index is 10.7. The molecule has 0 amide bonds. The van der Waals surface area contributed by atoms with Crippen molar-refractivity contribution in [3.8, 4) is 0 Å². The molecular weight excluding hydrogens is 210 g/mol. The molecule has 2 nitrogen and oxygen atoms in total. The van der Waals surface area contributed by atoms with Crippen LogP contribution in [0.15, 0.2) is 24.4 Å². The van der Waals surface area contributed by atoms with E-state index in [1.807, 2.05) is 18.2 Å². The van der Waals surface area contributed by atoms with Crippen molar-refractivity contribution in [2.75, 3.05) is 0 Å². The lowest BCUT2D eigenvalue weighted by Gasteiger charge is -2.38. The average Bonchev–Trinajstić information content (AvgIpc) is 2.29. The highest BCUT2D eigenvalue weighted by Gasteiger charge is 2.35. The van der Waals surface area contributed by atoms with E-state index in [1.54, 1.807) is 6.20 Å². The molecule has 0 radical (unpaired) electrons. The lowest BCUT2D eigenvalue weighted by Crippen LogP contribution is -2.39. The van der Waals surface area contributed by atoms with E-state index in [0.717, 1.165) is 25.0 Å². The number of pyridine rings is 1. The van der Waals surface area contributed by atoms with Crippen LogP contribution in [0.1, 0.15) is 45.2 Å². The Morgan fingerprint density at radius 1 is 1.47 bits per heavy atom. The third-order valence-corrected chi connectivity index (χ3v) is 4.04. The summed E-state index contributed by atoms with van der Waals surface area (Å²) in [4.78, 5) is 4.33. The van der Waals surface area contributed by atoms with Gasteiger partial charge in [0.1, 0.15) is 0 Å². The minimum absolute atomic E-state index is 0.526. The molecule has 1 aliphatic rings. The fourth-order valence-electron chi connectivity index (χ4n) is 2.95. The lowest BCUT2D eigenvalue weighted by molar-refractivity contribution is -0.0246. The molecule has 2 rings (SSSR count). The summed E-state index contributed by atoms with van der Waals surface area (Å²) in [5, 5.41) is 10.7. The predicted octanol–water partition coefficient (Wildman–Crippen LogP) is 3.20. The summed E-state index contributed by atoms with van der Waals surface area (Å²) in [7, 11) is 0. The van der Waals surface area contributed by atoms with E-state index in [0.29, 0.717) is 18.3 Å². The highest BCUT2D eigenvalue weighted by molar-refractivity contribution is 5.08. The zero-order valence-corrected chi connectivity index (χ0v) is 10.9. The van der Waals surface area contributed by atoms with Gasteiger partial charge >= 0.3 is 0 Å². The number of aliphatic hydroxyl groups is 1. The topological polar surface area (TPSA) is 33.1 Å². The van der Waals surface area contributed by atoms with Crippen LogP contribution in [0.5, 0.6) is 0 Å². The second-order valence-corrected chi connectivity index (χ2v) is 5.82. The molecule has 2 unspecified atom stereocenters. The minimum atomic E-state index is -0.526. The van der Waals surface area contributed by atoms with Gasteiger partial charge in [0.15, 0.2) is 0 Å². The Labute approximate surface area is 104 Å². The van der Waals surface area contributed by atoms with Gasteiger partial charge in [-0.2, -0.15) is 0 Å². The molecule has 2 atom stereocenters. The molecule has 0 aliphatic heterocycles. The van der Waals surface area contributed by atoms with Crippen molar-refractivity contribution >= 4 is 0 Å². The Hall–Kier alpha value is -0.890. The molecular formula is C15H23NO. The molecule has 1 heterocycles. The fourth-order valence-corrected chi connectivity index (χ4v) is 2.95. The van der Waals surface area contributed by atoms with E-state index >= 15 is 0 Å². The van der Waals surface area contributed by atoms with Crippen LogP contribution in [0.2, 0.25) is 0 Å². The Bertz CT molecular complexity index is 349. The summed E-state index contributed by atoms with van der Waals surface area (Å²) in [5.41, 5.74) is 0.487. The van der Waals surface area contributed by atoms with E-state index in [1.165, 1.54) is 6.42 Å². The summed E-state index contributed by atoms with van der Waals surface area (Å²) in [5.74, 6) is 1.34. The maximum absolute atomic E-state index is 10.7. The second kappa shape index (κ2) is 5.18. The number of hydrogen-bond donors (Lipinski definition) is 1. The maximum Gasteiger partial charge on any atom is 0.0705 e. The Balaban J connectivity index is 2.03. The molecule has 0 aromatic carbocycles. The van der Waals surface area contributed by atoms with Gasteiger partial charge in [-0.3, -0.25) is 4.98 Å². The normalized spacial score (nSPS) is 29.5. The first-order chi connectivity index (χ1) is 8.09. The van der Waals surface area contributed by atoms with E-state index in [-0.39, 0.29) is 0 Å². The van der Waals surface area contributed by atoms with Crippen molar-refractivity contribution in [3.05, 3.63) is 30.1 Å². The van der Waals surface area contributed by atoms with Crippen LogP contribution < -0.4 is 0 Å². The second-order valence-electron chi connectivity index (χ2n) is 5.82. The van der Waals surface area contributed by atoms with Gasteiger partial charge < -0.3 is 5.11 Å². The first kappa shape index (κ1) is 12.6. The monoisotopic (exact) mass is 233 g/mol. The number of nitrogens with zero attached hydrogens (tertiary/aromatic N) is 1. The summed E-state index contributed by atoms with van der Waals surface area (Å²) in [6.07, 6.45) is 6.78. The number of rotatable bonds is 3. The molecule has 1 aromatic heterocycles. The number of aromatic nitrogens is 1. The molecule has 2 heteroatoms. The van der Waals surface area contributed by atoms with Gasteiger partial charge in [-0.15, -0.1) is 0 Å². The first-order valence-electron chi connectivity index (χ1n) is 6.71. The SMILES string of the molecule is CC(C)C1CCCC(O)(Cc2ccccn2)C1. The van der Waals surface area contributed by atoms with Crippen LogP contribution in [-0.4, -0.2) is 15.7 Å². The standard InChI is InChI=1S/C15H23NO/c1-12(2)13-6-5-8-15(17,10-13)11-14-7-3-4-9-16-14/h3-4,7,9,12-13,17H,5-6,8,10-11H2,1-2H3. The van der Waals surface area contributed by atoms with Crippen LogP contribution in [0.4, 0.5) is 0 Å². The van der Waals surface area contributed by atoms with Crippen molar-refractivity contribution in [3.63, 3.8) is 0 Å². The zero-order valence-electron chi connectivity index (χ0n) is 10.9. The summed E-state index contributed by atoms with van der Waals surface area (Å²) >= 11 is 0. The van der Waals surface area contributed by atoms with Gasteiger partial charge in [-0.25, -0.2) is 0 Å². The largest absolute Gasteiger partial charge is 0.389 e. The van der Waals surface area contributed by atoms with E-state index in [4.69, 9.17) is 0 Å². The van der Waals surface area contributed by atoms with Crippen LogP contribution in [0.3, 0.4) is 0 Å². The fraction of sp³-hybridized carbons (Fsp3) is 0.667. The highest BCUT2D eigenvalue weighted by atomic mass is 16.3. The van der Waals surface area contributed by atoms with Crippen molar-refractivity contribution in [2.24, 2.45) is 11.8 Å². The summed E-state index contributed by atoms with van der Waals surface area (Å²) in [6.45, 7) is 4.52. The van der Waals surface area contributed by atoms with Crippen molar-refractivity contribution in [1.29, 1.82) is 0 Å². The highest BCUT2D eigenvalue weighted by Crippen LogP contribution is 2.37. The molecule has 0 saturated heterocycles. The molecule has 1 saturated carbocycles. The van der Waals surface area contributed by atoms with E-state index in [9.17, 15) is 5.11 Å². The van der Waals surface area contributed by atoms with Gasteiger partial charge in [0.2, 0.25) is 0 Å². The Morgan fingerprint density at radius 2 is 2.29 bits per heavy atom. The lowest BCUT2D eigenvalue weighted by atomic mass is 9.72. The van der Waals surface area contributed by atoms with Crippen LogP contribution in [-0.2, 0) is 6.42 Å². The third kappa shape index (κ3) is 3.29. The first-order valence-corrected chi connectivity index (χ1v) is 6.71. The van der Waals surface area contributed by atoms with Crippen LogP contribution in [0.25, 0.3) is 0 Å². The molecule has 0 bridgehead atoms. The minimum Gasteiger partial charge on any atom is -0.389 e. The van der Waals surface area contributed by atoms with E-state index < -0.39 is 5.60 Å². The van der Waals surface area contributed by atoms with Crippen LogP contribution >= 0.6 is 0 Å². The van der Waals surface area contributed by atoms with Crippen LogP contribution in [0, 0.1) is 11.8 Å². The van der Waals surface area contributed by atoms with E-state index in [2.05, 4.69) is 18.8 Å². The third-order valence-electron chi connectivity index (χ3n) is 4.04. The van der Waals surface area contributed by atoms with Crippen molar-refractivity contribution < 1.29 is 5.11 Å². The molecule has 1 N–H and O–H groups in total. The predicted molar refractivity (Wildman–Crippen MR) is 69.7 cm³/mol. The molecule has 94 valence electrons. The van der Waals surface area contributed by atoms with Gasteiger partial charge in [0, 0.05) is 18.3 Å². The average molecular weight is 233 g/mol. The molecule has 0 spiro atoms. The summed E-state index contributed by atoms with van der Waals surface area (Å²) < 4.78 is 0. The smallest absolute Gasteiger partial charge is 0.0705 e. The molecule has 1 aromatic rings. The zero-order chi connectivity index (χ0) is 12.3. The van der Waals surface area contributed by atoms with Crippen molar-refractivity contribution in [2.45, 2.75) is 51.6 Å². The van der Waals surface area contributed by atoms with Gasteiger partial charge in [0.05, 0.1) is 5.60 Å².